The minimum absolute atomic E-state index is 0.0702. The fourth-order valence-corrected chi connectivity index (χ4v) is 2.70. The van der Waals surface area contributed by atoms with Crippen LogP contribution in [0.5, 0.6) is 0 Å². The van der Waals surface area contributed by atoms with Crippen molar-refractivity contribution in [1.82, 2.24) is 0 Å². The predicted octanol–water partition coefficient (Wildman–Crippen LogP) is 4.35. The Kier molecular flexibility index (Phi) is 6.03. The summed E-state index contributed by atoms with van der Waals surface area (Å²) in [6, 6.07) is 15.5. The number of ketones is 1. The molecule has 0 aliphatic rings. The van der Waals surface area contributed by atoms with Crippen molar-refractivity contribution in [2.45, 2.75) is 18.7 Å². The lowest BCUT2D eigenvalue weighted by atomic mass is 10.0. The van der Waals surface area contributed by atoms with Crippen LogP contribution in [-0.4, -0.2) is 24.7 Å². The molecular formula is C18H20O2S. The number of carbonyl (C=O) groups excluding carboxylic acids is 1. The second-order valence-corrected chi connectivity index (χ2v) is 5.93. The number of aryl methyl sites for hydroxylation is 1. The molecule has 110 valence electrons. The number of thioether (sulfide) groups is 1. The Hall–Kier alpha value is -1.58. The topological polar surface area (TPSA) is 26.3 Å². The van der Waals surface area contributed by atoms with Crippen molar-refractivity contribution in [2.24, 2.45) is 0 Å². The molecule has 0 radical (unpaired) electrons. The van der Waals surface area contributed by atoms with Crippen molar-refractivity contribution < 1.29 is 9.53 Å². The van der Waals surface area contributed by atoms with E-state index in [0.29, 0.717) is 0 Å². The average Bonchev–Trinajstić information content (AvgIpc) is 2.52. The number of ether oxygens (including phenoxy) is 1. The number of benzene rings is 2. The van der Waals surface area contributed by atoms with E-state index >= 15 is 0 Å². The molecule has 0 spiro atoms. The van der Waals surface area contributed by atoms with E-state index in [-0.39, 0.29) is 5.78 Å². The minimum Gasteiger partial charge on any atom is -0.381 e. The molecular weight excluding hydrogens is 280 g/mol. The van der Waals surface area contributed by atoms with Crippen LogP contribution in [0.15, 0.2) is 53.4 Å². The molecule has 0 atom stereocenters. The van der Waals surface area contributed by atoms with Gasteiger partial charge in [-0.15, -0.1) is 11.8 Å². The fraction of sp³-hybridized carbons (Fsp3) is 0.278. The third-order valence-electron chi connectivity index (χ3n) is 3.13. The Labute approximate surface area is 130 Å². The molecule has 0 amide bonds. The van der Waals surface area contributed by atoms with E-state index in [9.17, 15) is 4.79 Å². The van der Waals surface area contributed by atoms with Gasteiger partial charge in [0.15, 0.2) is 5.78 Å². The van der Waals surface area contributed by atoms with Gasteiger partial charge < -0.3 is 4.74 Å². The van der Waals surface area contributed by atoms with Crippen LogP contribution in [0.3, 0.4) is 0 Å². The van der Waals surface area contributed by atoms with Crippen LogP contribution in [0.1, 0.15) is 28.4 Å². The number of hydrogen-bond donors (Lipinski definition) is 0. The van der Waals surface area contributed by atoms with Gasteiger partial charge in [0, 0.05) is 28.4 Å². The van der Waals surface area contributed by atoms with Crippen molar-refractivity contribution in [2.75, 3.05) is 19.0 Å². The summed E-state index contributed by atoms with van der Waals surface area (Å²) in [5, 5.41) is 0. The van der Waals surface area contributed by atoms with Crippen LogP contribution in [0.4, 0.5) is 0 Å². The van der Waals surface area contributed by atoms with Crippen molar-refractivity contribution in [3.8, 4) is 0 Å². The second-order valence-electron chi connectivity index (χ2n) is 4.76. The molecule has 0 fully saturated rings. The molecule has 3 heteroatoms. The molecule has 0 aromatic heterocycles. The van der Waals surface area contributed by atoms with Crippen LogP contribution in [0.2, 0.25) is 0 Å². The lowest BCUT2D eigenvalue weighted by Gasteiger charge is -2.05. The zero-order valence-electron chi connectivity index (χ0n) is 12.5. The summed E-state index contributed by atoms with van der Waals surface area (Å²) < 4.78 is 5.31. The van der Waals surface area contributed by atoms with E-state index in [1.807, 2.05) is 62.4 Å². The van der Waals surface area contributed by atoms with Gasteiger partial charge in [-0.1, -0.05) is 29.8 Å². The summed E-state index contributed by atoms with van der Waals surface area (Å²) in [5.74, 6) is 1.000. The third-order valence-corrected chi connectivity index (χ3v) is 4.11. The van der Waals surface area contributed by atoms with Gasteiger partial charge in [-0.05, 0) is 38.1 Å². The number of hydrogen-bond acceptors (Lipinski definition) is 3. The lowest BCUT2D eigenvalue weighted by Crippen LogP contribution is -2.01. The monoisotopic (exact) mass is 300 g/mol. The molecule has 0 aliphatic heterocycles. The zero-order valence-corrected chi connectivity index (χ0v) is 13.3. The normalized spacial score (nSPS) is 10.6. The first kappa shape index (κ1) is 15.8. The Morgan fingerprint density at radius 1 is 1.00 bits per heavy atom. The molecule has 0 unspecified atom stereocenters. The maximum Gasteiger partial charge on any atom is 0.193 e. The van der Waals surface area contributed by atoms with Gasteiger partial charge in [-0.25, -0.2) is 0 Å². The van der Waals surface area contributed by atoms with Crippen molar-refractivity contribution in [1.29, 1.82) is 0 Å². The summed E-state index contributed by atoms with van der Waals surface area (Å²) in [4.78, 5) is 13.5. The van der Waals surface area contributed by atoms with Crippen molar-refractivity contribution >= 4 is 17.5 Å². The van der Waals surface area contributed by atoms with Gasteiger partial charge in [0.1, 0.15) is 0 Å². The molecule has 2 rings (SSSR count). The number of carbonyl (C=O) groups is 1. The van der Waals surface area contributed by atoms with Crippen LogP contribution >= 0.6 is 11.8 Å². The zero-order chi connectivity index (χ0) is 15.1. The largest absolute Gasteiger partial charge is 0.381 e. The predicted molar refractivity (Wildman–Crippen MR) is 88.3 cm³/mol. The van der Waals surface area contributed by atoms with Gasteiger partial charge in [-0.3, -0.25) is 4.79 Å². The Morgan fingerprint density at radius 3 is 2.14 bits per heavy atom. The molecule has 0 saturated carbocycles. The molecule has 21 heavy (non-hydrogen) atoms. The standard InChI is InChI=1S/C18H20O2S/c1-3-20-12-13-21-17-10-8-16(9-11-17)18(19)15-6-4-14(2)5-7-15/h4-11H,3,12-13H2,1-2H3. The van der Waals surface area contributed by atoms with E-state index in [4.69, 9.17) is 4.74 Å². The summed E-state index contributed by atoms with van der Waals surface area (Å²) in [7, 11) is 0. The average molecular weight is 300 g/mol. The Balaban J connectivity index is 1.98. The van der Waals surface area contributed by atoms with E-state index in [1.54, 1.807) is 11.8 Å². The maximum absolute atomic E-state index is 12.3. The molecule has 0 bridgehead atoms. The van der Waals surface area contributed by atoms with Crippen molar-refractivity contribution in [3.05, 3.63) is 65.2 Å². The highest BCUT2D eigenvalue weighted by molar-refractivity contribution is 7.99. The highest BCUT2D eigenvalue weighted by atomic mass is 32.2. The van der Waals surface area contributed by atoms with Gasteiger partial charge in [0.05, 0.1) is 6.61 Å². The van der Waals surface area contributed by atoms with Crippen LogP contribution < -0.4 is 0 Å². The summed E-state index contributed by atoms with van der Waals surface area (Å²) in [6.45, 7) is 5.52. The second kappa shape index (κ2) is 8.01. The van der Waals surface area contributed by atoms with Crippen LogP contribution in [-0.2, 0) is 4.74 Å². The van der Waals surface area contributed by atoms with E-state index < -0.39 is 0 Å². The van der Waals surface area contributed by atoms with E-state index in [0.717, 1.165) is 40.6 Å². The van der Waals surface area contributed by atoms with Crippen molar-refractivity contribution in [3.63, 3.8) is 0 Å². The molecule has 0 saturated heterocycles. The minimum atomic E-state index is 0.0702. The number of rotatable bonds is 7. The van der Waals surface area contributed by atoms with Gasteiger partial charge in [0.25, 0.3) is 0 Å². The Bertz CT molecular complexity index is 573. The SMILES string of the molecule is CCOCCSc1ccc(C(=O)c2ccc(C)cc2)cc1. The van der Waals surface area contributed by atoms with Gasteiger partial charge in [0.2, 0.25) is 0 Å². The fourth-order valence-electron chi connectivity index (χ4n) is 1.94. The summed E-state index contributed by atoms with van der Waals surface area (Å²) >= 11 is 1.74. The van der Waals surface area contributed by atoms with Crippen LogP contribution in [0, 0.1) is 6.92 Å². The molecule has 0 N–H and O–H groups in total. The quantitative estimate of drug-likeness (QED) is 0.432. The lowest BCUT2D eigenvalue weighted by molar-refractivity contribution is 0.103. The summed E-state index contributed by atoms with van der Waals surface area (Å²) in [6.07, 6.45) is 0. The molecule has 2 aromatic rings. The van der Waals surface area contributed by atoms with Crippen LogP contribution in [0.25, 0.3) is 0 Å². The van der Waals surface area contributed by atoms with E-state index in [1.165, 1.54) is 0 Å². The molecule has 2 aromatic carbocycles. The first-order valence-corrected chi connectivity index (χ1v) is 8.11. The first-order valence-electron chi connectivity index (χ1n) is 7.12. The molecule has 0 aliphatic carbocycles. The highest BCUT2D eigenvalue weighted by Gasteiger charge is 2.08. The molecule has 0 heterocycles. The summed E-state index contributed by atoms with van der Waals surface area (Å²) in [5.41, 5.74) is 2.62. The molecule has 2 nitrogen and oxygen atoms in total. The first-order chi connectivity index (χ1) is 10.2. The smallest absolute Gasteiger partial charge is 0.193 e. The highest BCUT2D eigenvalue weighted by Crippen LogP contribution is 2.19. The van der Waals surface area contributed by atoms with Gasteiger partial charge >= 0.3 is 0 Å². The maximum atomic E-state index is 12.3. The van der Waals surface area contributed by atoms with E-state index in [2.05, 4.69) is 0 Å². The van der Waals surface area contributed by atoms with Gasteiger partial charge in [-0.2, -0.15) is 0 Å². The third kappa shape index (κ3) is 4.73. The Morgan fingerprint density at radius 2 is 1.57 bits per heavy atom.